The van der Waals surface area contributed by atoms with Crippen LogP contribution in [0.4, 0.5) is 0 Å². The van der Waals surface area contributed by atoms with Gasteiger partial charge in [-0.15, -0.1) is 11.8 Å². The molecule has 2 rings (SSSR count). The summed E-state index contributed by atoms with van der Waals surface area (Å²) in [6.45, 7) is 4.44. The third-order valence-corrected chi connectivity index (χ3v) is 3.42. The third-order valence-electron chi connectivity index (χ3n) is 2.33. The van der Waals surface area contributed by atoms with Gasteiger partial charge in [-0.3, -0.25) is 9.98 Å². The fourth-order valence-corrected chi connectivity index (χ4v) is 2.63. The summed E-state index contributed by atoms with van der Waals surface area (Å²) in [5.41, 5.74) is 1.01. The average Bonchev–Trinajstić information content (AvgIpc) is 2.68. The normalized spacial score (nSPS) is 21.4. The van der Waals surface area contributed by atoms with Crippen LogP contribution in [0.5, 0.6) is 0 Å². The standard InChI is InChI=1S/C11H14N2S/c1-8(2)10-7-14-11(13-10)9-5-3-4-6-12-9/h3-6,8,10H,7H2,1-2H3. The molecule has 0 saturated carbocycles. The molecule has 0 N–H and O–H groups in total. The summed E-state index contributed by atoms with van der Waals surface area (Å²) >= 11 is 1.82. The second-order valence-corrected chi connectivity index (χ2v) is 4.78. The summed E-state index contributed by atoms with van der Waals surface area (Å²) in [7, 11) is 0. The Labute approximate surface area is 88.9 Å². The van der Waals surface area contributed by atoms with E-state index in [0.29, 0.717) is 12.0 Å². The van der Waals surface area contributed by atoms with Crippen molar-refractivity contribution in [3.63, 3.8) is 0 Å². The fraction of sp³-hybridized carbons (Fsp3) is 0.455. The van der Waals surface area contributed by atoms with Gasteiger partial charge in [-0.2, -0.15) is 0 Å². The minimum absolute atomic E-state index is 0.469. The minimum Gasteiger partial charge on any atom is -0.272 e. The lowest BCUT2D eigenvalue weighted by molar-refractivity contribution is 0.543. The zero-order chi connectivity index (χ0) is 9.97. The quantitative estimate of drug-likeness (QED) is 0.743. The highest BCUT2D eigenvalue weighted by Gasteiger charge is 2.22. The first-order valence-corrected chi connectivity index (χ1v) is 5.88. The van der Waals surface area contributed by atoms with E-state index in [1.165, 1.54) is 0 Å². The van der Waals surface area contributed by atoms with Crippen molar-refractivity contribution < 1.29 is 0 Å². The lowest BCUT2D eigenvalue weighted by Crippen LogP contribution is -2.11. The van der Waals surface area contributed by atoms with Crippen molar-refractivity contribution in [1.82, 2.24) is 4.98 Å². The van der Waals surface area contributed by atoms with Gasteiger partial charge in [0.25, 0.3) is 0 Å². The van der Waals surface area contributed by atoms with E-state index in [-0.39, 0.29) is 0 Å². The number of aliphatic imine (C=N–C) groups is 1. The van der Waals surface area contributed by atoms with E-state index in [9.17, 15) is 0 Å². The maximum absolute atomic E-state index is 4.67. The van der Waals surface area contributed by atoms with Gasteiger partial charge < -0.3 is 0 Å². The number of pyridine rings is 1. The van der Waals surface area contributed by atoms with Gasteiger partial charge >= 0.3 is 0 Å². The Balaban J connectivity index is 2.18. The van der Waals surface area contributed by atoms with Crippen molar-refractivity contribution >= 4 is 16.8 Å². The molecule has 2 nitrogen and oxygen atoms in total. The number of hydrogen-bond acceptors (Lipinski definition) is 3. The van der Waals surface area contributed by atoms with Gasteiger partial charge in [-0.05, 0) is 18.1 Å². The Morgan fingerprint density at radius 1 is 1.43 bits per heavy atom. The summed E-state index contributed by atoms with van der Waals surface area (Å²) < 4.78 is 0. The van der Waals surface area contributed by atoms with E-state index in [1.54, 1.807) is 0 Å². The van der Waals surface area contributed by atoms with Gasteiger partial charge in [0, 0.05) is 11.9 Å². The Morgan fingerprint density at radius 3 is 2.86 bits per heavy atom. The molecule has 0 aliphatic carbocycles. The topological polar surface area (TPSA) is 25.2 Å². The first-order valence-electron chi connectivity index (χ1n) is 4.89. The molecule has 0 radical (unpaired) electrons. The van der Waals surface area contributed by atoms with Crippen molar-refractivity contribution in [3.05, 3.63) is 30.1 Å². The molecular formula is C11H14N2S. The predicted molar refractivity (Wildman–Crippen MR) is 61.9 cm³/mol. The first kappa shape index (κ1) is 9.71. The molecule has 0 bridgehead atoms. The molecule has 74 valence electrons. The van der Waals surface area contributed by atoms with Crippen LogP contribution in [0.3, 0.4) is 0 Å². The summed E-state index contributed by atoms with van der Waals surface area (Å²) in [5.74, 6) is 1.73. The molecule has 0 aromatic carbocycles. The van der Waals surface area contributed by atoms with Crippen molar-refractivity contribution in [2.45, 2.75) is 19.9 Å². The number of aromatic nitrogens is 1. The van der Waals surface area contributed by atoms with Gasteiger partial charge in [-0.1, -0.05) is 19.9 Å². The molecular weight excluding hydrogens is 192 g/mol. The van der Waals surface area contributed by atoms with Crippen LogP contribution in [0.15, 0.2) is 29.4 Å². The molecule has 0 spiro atoms. The molecule has 14 heavy (non-hydrogen) atoms. The highest BCUT2D eigenvalue weighted by molar-refractivity contribution is 8.14. The third kappa shape index (κ3) is 1.98. The lowest BCUT2D eigenvalue weighted by Gasteiger charge is -2.07. The molecule has 1 unspecified atom stereocenters. The monoisotopic (exact) mass is 206 g/mol. The summed E-state index contributed by atoms with van der Waals surface area (Å²) in [5, 5.41) is 1.10. The highest BCUT2D eigenvalue weighted by Crippen LogP contribution is 2.25. The van der Waals surface area contributed by atoms with Crippen LogP contribution < -0.4 is 0 Å². The van der Waals surface area contributed by atoms with Crippen LogP contribution in [0, 0.1) is 5.92 Å². The zero-order valence-corrected chi connectivity index (χ0v) is 9.29. The Hall–Kier alpha value is -0.830. The molecule has 1 aliphatic heterocycles. The number of nitrogens with zero attached hydrogens (tertiary/aromatic N) is 2. The molecule has 1 atom stereocenters. The predicted octanol–water partition coefficient (Wildman–Crippen LogP) is 2.60. The molecule has 0 saturated heterocycles. The van der Waals surface area contributed by atoms with Gasteiger partial charge in [-0.25, -0.2) is 0 Å². The van der Waals surface area contributed by atoms with E-state index >= 15 is 0 Å². The lowest BCUT2D eigenvalue weighted by atomic mass is 10.1. The van der Waals surface area contributed by atoms with E-state index < -0.39 is 0 Å². The van der Waals surface area contributed by atoms with Gasteiger partial charge in [0.2, 0.25) is 0 Å². The fourth-order valence-electron chi connectivity index (χ4n) is 1.36. The number of thioether (sulfide) groups is 1. The van der Waals surface area contributed by atoms with E-state index in [0.717, 1.165) is 16.5 Å². The maximum Gasteiger partial charge on any atom is 0.117 e. The maximum atomic E-state index is 4.67. The second kappa shape index (κ2) is 4.13. The van der Waals surface area contributed by atoms with Crippen LogP contribution in [0.2, 0.25) is 0 Å². The zero-order valence-electron chi connectivity index (χ0n) is 8.47. The smallest absolute Gasteiger partial charge is 0.117 e. The van der Waals surface area contributed by atoms with Gasteiger partial charge in [0.1, 0.15) is 5.04 Å². The molecule has 0 amide bonds. The Bertz CT molecular complexity index is 332. The van der Waals surface area contributed by atoms with Crippen molar-refractivity contribution in [2.24, 2.45) is 10.9 Å². The van der Waals surface area contributed by atoms with Gasteiger partial charge in [0.15, 0.2) is 0 Å². The van der Waals surface area contributed by atoms with Crippen LogP contribution in [0.25, 0.3) is 0 Å². The van der Waals surface area contributed by atoms with Crippen LogP contribution in [-0.2, 0) is 0 Å². The second-order valence-electron chi connectivity index (χ2n) is 3.77. The summed E-state index contributed by atoms with van der Waals surface area (Å²) in [6.07, 6.45) is 1.82. The molecule has 1 aromatic heterocycles. The SMILES string of the molecule is CC(C)C1CSC(c2ccccn2)=N1. The van der Waals surface area contributed by atoms with E-state index in [1.807, 2.05) is 36.2 Å². The van der Waals surface area contributed by atoms with Crippen LogP contribution in [0.1, 0.15) is 19.5 Å². The van der Waals surface area contributed by atoms with Gasteiger partial charge in [0.05, 0.1) is 11.7 Å². The van der Waals surface area contributed by atoms with Crippen molar-refractivity contribution in [2.75, 3.05) is 5.75 Å². The molecule has 2 heterocycles. The Morgan fingerprint density at radius 2 is 2.29 bits per heavy atom. The highest BCUT2D eigenvalue weighted by atomic mass is 32.2. The van der Waals surface area contributed by atoms with Crippen LogP contribution >= 0.6 is 11.8 Å². The van der Waals surface area contributed by atoms with Crippen molar-refractivity contribution in [3.8, 4) is 0 Å². The van der Waals surface area contributed by atoms with Crippen LogP contribution in [-0.4, -0.2) is 21.8 Å². The Kier molecular flexibility index (Phi) is 2.87. The molecule has 0 fully saturated rings. The minimum atomic E-state index is 0.469. The first-order chi connectivity index (χ1) is 6.77. The van der Waals surface area contributed by atoms with E-state index in [4.69, 9.17) is 0 Å². The largest absolute Gasteiger partial charge is 0.272 e. The van der Waals surface area contributed by atoms with Crippen molar-refractivity contribution in [1.29, 1.82) is 0 Å². The molecule has 1 aliphatic rings. The summed E-state index contributed by atoms with van der Waals surface area (Å²) in [4.78, 5) is 8.98. The summed E-state index contributed by atoms with van der Waals surface area (Å²) in [6, 6.07) is 6.43. The molecule has 3 heteroatoms. The molecule has 1 aromatic rings. The number of rotatable bonds is 2. The number of hydrogen-bond donors (Lipinski definition) is 0. The average molecular weight is 206 g/mol. The van der Waals surface area contributed by atoms with E-state index in [2.05, 4.69) is 23.8 Å².